The van der Waals surface area contributed by atoms with Gasteiger partial charge in [-0.1, -0.05) is 6.58 Å². The minimum atomic E-state index is -4.41. The van der Waals surface area contributed by atoms with Gasteiger partial charge in [-0.25, -0.2) is 4.79 Å². The number of ether oxygens (including phenoxy) is 2. The van der Waals surface area contributed by atoms with Crippen molar-refractivity contribution in [3.05, 3.63) is 54.3 Å². The topological polar surface area (TPSA) is 107 Å². The molecule has 2 aromatic carbocycles. The number of carbonyl (C=O) groups excluding carboxylic acids is 2. The third kappa shape index (κ3) is 7.35. The highest BCUT2D eigenvalue weighted by molar-refractivity contribution is 14.1. The maximum atomic E-state index is 12.3. The molecule has 0 saturated heterocycles. The molecule has 0 fully saturated rings. The summed E-state index contributed by atoms with van der Waals surface area (Å²) >= 11 is 9.68. The van der Waals surface area contributed by atoms with Crippen molar-refractivity contribution in [2.24, 2.45) is 0 Å². The largest absolute Gasteiger partial charge is 0.426 e. The average molecular weight is 992 g/mol. The van der Waals surface area contributed by atoms with Crippen LogP contribution in [0.1, 0.15) is 6.42 Å². The van der Waals surface area contributed by atoms with Crippen LogP contribution in [0, 0.1) is 17.9 Å². The van der Waals surface area contributed by atoms with Gasteiger partial charge in [0.15, 0.2) is 5.75 Å². The van der Waals surface area contributed by atoms with E-state index in [9.17, 15) is 22.6 Å². The molecule has 0 aromatic heterocycles. The van der Waals surface area contributed by atoms with E-state index in [0.29, 0.717) is 5.75 Å². The fraction of sp³-hybridized carbons (Fsp3) is 0.0588. The van der Waals surface area contributed by atoms with Crippen LogP contribution in [0.15, 0.2) is 41.3 Å². The lowest BCUT2D eigenvalue weighted by molar-refractivity contribution is -0.136. The highest BCUT2D eigenvalue weighted by Crippen LogP contribution is 2.31. The SMILES string of the molecule is C=C(CC(=O)Oc1cc(I)c(S(=O)(=O)O)c(I)c1)C(=O)Oc1c(I)cc(I)cc1I. The van der Waals surface area contributed by atoms with E-state index in [-0.39, 0.29) is 23.4 Å². The second kappa shape index (κ2) is 11.2. The first kappa shape index (κ1) is 26.9. The van der Waals surface area contributed by atoms with Crippen LogP contribution >= 0.6 is 113 Å². The van der Waals surface area contributed by atoms with Gasteiger partial charge in [-0.2, -0.15) is 8.42 Å². The summed E-state index contributed by atoms with van der Waals surface area (Å²) in [7, 11) is -4.41. The van der Waals surface area contributed by atoms with E-state index in [1.807, 2.05) is 12.1 Å². The number of hydrogen-bond donors (Lipinski definition) is 1. The third-order valence-corrected chi connectivity index (χ3v) is 8.88. The zero-order valence-electron chi connectivity index (χ0n) is 14.4. The van der Waals surface area contributed by atoms with Crippen LogP contribution < -0.4 is 9.47 Å². The summed E-state index contributed by atoms with van der Waals surface area (Å²) in [4.78, 5) is 24.2. The first-order valence-corrected chi connectivity index (χ1v) is 14.3. The summed E-state index contributed by atoms with van der Waals surface area (Å²) in [5.41, 5.74) is -0.0934. The molecule has 0 bridgehead atoms. The Morgan fingerprint density at radius 2 is 1.40 bits per heavy atom. The molecule has 160 valence electrons. The summed E-state index contributed by atoms with van der Waals surface area (Å²) in [6.07, 6.45) is -0.413. The summed E-state index contributed by atoms with van der Waals surface area (Å²) < 4.78 is 45.5. The highest BCUT2D eigenvalue weighted by atomic mass is 127. The van der Waals surface area contributed by atoms with E-state index in [0.717, 1.165) is 10.7 Å². The van der Waals surface area contributed by atoms with Crippen molar-refractivity contribution in [3.8, 4) is 11.5 Å². The lowest BCUT2D eigenvalue weighted by Gasteiger charge is -2.11. The Morgan fingerprint density at radius 1 is 0.900 bits per heavy atom. The van der Waals surface area contributed by atoms with Gasteiger partial charge < -0.3 is 9.47 Å². The first-order chi connectivity index (χ1) is 13.8. The van der Waals surface area contributed by atoms with Crippen LogP contribution in [0.5, 0.6) is 11.5 Å². The van der Waals surface area contributed by atoms with Gasteiger partial charge in [-0.15, -0.1) is 0 Å². The van der Waals surface area contributed by atoms with Gasteiger partial charge in [0.05, 0.1) is 13.6 Å². The van der Waals surface area contributed by atoms with Crippen molar-refractivity contribution >= 4 is 135 Å². The molecule has 2 rings (SSSR count). The molecule has 1 N–H and O–H groups in total. The van der Waals surface area contributed by atoms with E-state index < -0.39 is 28.5 Å². The van der Waals surface area contributed by atoms with E-state index in [2.05, 4.69) is 74.4 Å². The Hall–Kier alpha value is 0.680. The molecule has 2 aromatic rings. The monoisotopic (exact) mass is 992 g/mol. The minimum Gasteiger partial charge on any atom is -0.426 e. The fourth-order valence-corrected chi connectivity index (χ4v) is 9.84. The van der Waals surface area contributed by atoms with Crippen LogP contribution in [-0.4, -0.2) is 24.9 Å². The van der Waals surface area contributed by atoms with Crippen LogP contribution in [0.3, 0.4) is 0 Å². The second-order valence-electron chi connectivity index (χ2n) is 5.53. The summed E-state index contributed by atoms with van der Waals surface area (Å²) in [5.74, 6) is -1.06. The number of halogens is 5. The Labute approximate surface area is 240 Å². The maximum absolute atomic E-state index is 12.3. The van der Waals surface area contributed by atoms with Crippen molar-refractivity contribution in [1.82, 2.24) is 0 Å². The van der Waals surface area contributed by atoms with Crippen molar-refractivity contribution < 1.29 is 32.0 Å². The molecule has 0 unspecified atom stereocenters. The van der Waals surface area contributed by atoms with Crippen LogP contribution in [0.2, 0.25) is 0 Å². The maximum Gasteiger partial charge on any atom is 0.339 e. The van der Waals surface area contributed by atoms with Crippen LogP contribution in [-0.2, 0) is 19.7 Å². The Balaban J connectivity index is 2.08. The molecule has 0 amide bonds. The van der Waals surface area contributed by atoms with E-state index in [4.69, 9.17) is 9.47 Å². The fourth-order valence-electron chi connectivity index (χ4n) is 2.05. The lowest BCUT2D eigenvalue weighted by atomic mass is 10.2. The van der Waals surface area contributed by atoms with E-state index in [1.165, 1.54) is 12.1 Å². The quantitative estimate of drug-likeness (QED) is 0.136. The Kier molecular flexibility index (Phi) is 10.1. The number of esters is 2. The van der Waals surface area contributed by atoms with Gasteiger partial charge in [0, 0.05) is 16.3 Å². The zero-order chi connectivity index (χ0) is 22.8. The normalized spacial score (nSPS) is 11.1. The molecule has 0 aliphatic carbocycles. The van der Waals surface area contributed by atoms with Gasteiger partial charge in [0.2, 0.25) is 0 Å². The van der Waals surface area contributed by atoms with Crippen molar-refractivity contribution in [3.63, 3.8) is 0 Å². The molecule has 0 heterocycles. The highest BCUT2D eigenvalue weighted by Gasteiger charge is 2.22. The van der Waals surface area contributed by atoms with Gasteiger partial charge in [-0.3, -0.25) is 9.35 Å². The smallest absolute Gasteiger partial charge is 0.339 e. The molecule has 0 saturated carbocycles. The predicted octanol–water partition coefficient (Wildman–Crippen LogP) is 5.41. The van der Waals surface area contributed by atoms with E-state index >= 15 is 0 Å². The second-order valence-corrected chi connectivity index (χ2v) is 12.8. The number of carbonyl (C=O) groups is 2. The Bertz CT molecular complexity index is 1120. The standard InChI is InChI=1S/C17H9I5O7S/c1-7(17(24)29-15-10(19)3-8(18)4-11(15)20)2-14(23)28-9-5-12(21)16(13(22)6-9)30(25,26)27/h3-6H,1-2H2,(H,25,26,27). The summed E-state index contributed by atoms with van der Waals surface area (Å²) in [5, 5.41) is 0. The lowest BCUT2D eigenvalue weighted by Crippen LogP contribution is -2.17. The molecule has 0 atom stereocenters. The molecular weight excluding hydrogens is 983 g/mol. The van der Waals surface area contributed by atoms with Gasteiger partial charge >= 0.3 is 11.9 Å². The molecule has 13 heteroatoms. The summed E-state index contributed by atoms with van der Waals surface area (Å²) in [6, 6.07) is 6.28. The van der Waals surface area contributed by atoms with E-state index in [1.54, 1.807) is 45.2 Å². The first-order valence-electron chi connectivity index (χ1n) is 7.51. The van der Waals surface area contributed by atoms with Crippen LogP contribution in [0.4, 0.5) is 0 Å². The van der Waals surface area contributed by atoms with Gasteiger partial charge in [0.25, 0.3) is 10.1 Å². The van der Waals surface area contributed by atoms with Crippen molar-refractivity contribution in [2.45, 2.75) is 11.3 Å². The minimum absolute atomic E-state index is 0.0732. The molecular formula is C17H9I5O7S. The molecule has 0 radical (unpaired) electrons. The van der Waals surface area contributed by atoms with Crippen LogP contribution in [0.25, 0.3) is 0 Å². The van der Waals surface area contributed by atoms with Gasteiger partial charge in [-0.05, 0) is 137 Å². The van der Waals surface area contributed by atoms with Crippen molar-refractivity contribution in [2.75, 3.05) is 0 Å². The van der Waals surface area contributed by atoms with Crippen molar-refractivity contribution in [1.29, 1.82) is 0 Å². The zero-order valence-corrected chi connectivity index (χ0v) is 26.0. The third-order valence-electron chi connectivity index (χ3n) is 3.27. The predicted molar refractivity (Wildman–Crippen MR) is 151 cm³/mol. The molecule has 0 spiro atoms. The Morgan fingerprint density at radius 3 is 1.87 bits per heavy atom. The van der Waals surface area contributed by atoms with Gasteiger partial charge in [0.1, 0.15) is 10.6 Å². The number of hydrogen-bond acceptors (Lipinski definition) is 6. The molecule has 30 heavy (non-hydrogen) atoms. The summed E-state index contributed by atoms with van der Waals surface area (Å²) in [6.45, 7) is 3.59. The molecule has 0 aliphatic heterocycles. The average Bonchev–Trinajstić information content (AvgIpc) is 2.55. The number of rotatable bonds is 6. The molecule has 7 nitrogen and oxygen atoms in total. The number of benzene rings is 2. The molecule has 0 aliphatic rings.